The molecule has 8 nitrogen and oxygen atoms in total. The molecule has 0 radical (unpaired) electrons. The highest BCUT2D eigenvalue weighted by Crippen LogP contribution is 2.40. The van der Waals surface area contributed by atoms with Gasteiger partial charge in [-0.25, -0.2) is 13.1 Å². The molecule has 1 heterocycles. The van der Waals surface area contributed by atoms with Gasteiger partial charge in [-0.2, -0.15) is 0 Å². The number of benzene rings is 2. The van der Waals surface area contributed by atoms with Crippen LogP contribution in [0.1, 0.15) is 12.8 Å². The number of carbonyl (C=O) groups excluding carboxylic acids is 1. The molecule has 1 aliphatic heterocycles. The molecule has 0 aliphatic carbocycles. The average Bonchev–Trinajstić information content (AvgIpc) is 2.83. The van der Waals surface area contributed by atoms with E-state index in [4.69, 9.17) is 21.1 Å². The van der Waals surface area contributed by atoms with E-state index in [1.165, 1.54) is 7.11 Å². The number of sulfonamides is 1. The highest BCUT2D eigenvalue weighted by Gasteiger charge is 2.25. The topological polar surface area (TPSA) is 97.0 Å². The number of nitrogens with zero attached hydrogens (tertiary/aromatic N) is 1. The molecule has 0 spiro atoms. The van der Waals surface area contributed by atoms with Crippen LogP contribution in [0.5, 0.6) is 11.5 Å². The van der Waals surface area contributed by atoms with Gasteiger partial charge in [-0.1, -0.05) is 36.4 Å². The lowest BCUT2D eigenvalue weighted by molar-refractivity contribution is -0.130. The number of hydrogen-bond donors (Lipinski definition) is 2. The number of halogens is 1. The quantitative estimate of drug-likeness (QED) is 0.555. The molecule has 0 unspecified atom stereocenters. The molecule has 2 aromatic carbocycles. The number of para-hydroxylation sites is 1. The third-order valence-electron chi connectivity index (χ3n) is 5.51. The van der Waals surface area contributed by atoms with Crippen molar-refractivity contribution in [2.24, 2.45) is 0 Å². The normalized spacial score (nSPS) is 14.6. The molecule has 0 aromatic heterocycles. The summed E-state index contributed by atoms with van der Waals surface area (Å²) in [5.41, 5.74) is 2.20. The first-order valence-corrected chi connectivity index (χ1v) is 12.4. The van der Waals surface area contributed by atoms with E-state index in [2.05, 4.69) is 16.6 Å². The first-order chi connectivity index (χ1) is 15.8. The Hall–Kier alpha value is -2.75. The summed E-state index contributed by atoms with van der Waals surface area (Å²) in [6.07, 6.45) is 1.09. The fraction of sp³-hybridized carbons (Fsp3) is 0.348. The molecule has 0 bridgehead atoms. The van der Waals surface area contributed by atoms with Crippen molar-refractivity contribution in [2.45, 2.75) is 18.9 Å². The van der Waals surface area contributed by atoms with Gasteiger partial charge in [-0.05, 0) is 25.0 Å². The fourth-order valence-corrected chi connectivity index (χ4v) is 4.80. The fourth-order valence-electron chi connectivity index (χ4n) is 3.75. The lowest BCUT2D eigenvalue weighted by Crippen LogP contribution is -2.47. The van der Waals surface area contributed by atoms with Gasteiger partial charge < -0.3 is 19.7 Å². The van der Waals surface area contributed by atoms with Gasteiger partial charge in [0.05, 0.1) is 31.5 Å². The largest absolute Gasteiger partial charge is 0.496 e. The monoisotopic (exact) mass is 493 g/mol. The predicted octanol–water partition coefficient (Wildman–Crippen LogP) is 3.49. The Bertz CT molecular complexity index is 1120. The number of nitrogens with one attached hydrogen (secondary N) is 2. The summed E-state index contributed by atoms with van der Waals surface area (Å²) in [6, 6.07) is 10.9. The molecule has 2 N–H and O–H groups in total. The van der Waals surface area contributed by atoms with Crippen LogP contribution >= 0.6 is 11.6 Å². The summed E-state index contributed by atoms with van der Waals surface area (Å²) in [5, 5.41) is 4.55. The van der Waals surface area contributed by atoms with E-state index in [-0.39, 0.29) is 18.5 Å². The van der Waals surface area contributed by atoms with Crippen molar-refractivity contribution in [3.63, 3.8) is 0 Å². The van der Waals surface area contributed by atoms with Crippen molar-refractivity contribution in [1.29, 1.82) is 0 Å². The highest BCUT2D eigenvalue weighted by molar-refractivity contribution is 7.92. The molecule has 1 fully saturated rings. The standard InChI is InChI=1S/C23H28ClN3O5S/c1-4-33(29,30)26-16-9-11-27(12-10-16)23(28)15-25-20-13-18(19(24)14-22(20)32-3)17-7-5-6-8-21(17)31-2/h4-8,13-14,16,25-26H,1,9-12,15H2,2-3H3. The second-order valence-electron chi connectivity index (χ2n) is 7.57. The zero-order chi connectivity index (χ0) is 24.0. The second-order valence-corrected chi connectivity index (χ2v) is 9.64. The second kappa shape index (κ2) is 10.9. The van der Waals surface area contributed by atoms with E-state index < -0.39 is 10.0 Å². The average molecular weight is 494 g/mol. The lowest BCUT2D eigenvalue weighted by atomic mass is 10.0. The molecule has 33 heavy (non-hydrogen) atoms. The van der Waals surface area contributed by atoms with Gasteiger partial charge in [0.15, 0.2) is 0 Å². The van der Waals surface area contributed by atoms with Crippen molar-refractivity contribution in [3.8, 4) is 22.6 Å². The number of amides is 1. The van der Waals surface area contributed by atoms with Crippen LogP contribution in [-0.4, -0.2) is 59.1 Å². The van der Waals surface area contributed by atoms with E-state index in [0.29, 0.717) is 48.1 Å². The Morgan fingerprint density at radius 2 is 1.82 bits per heavy atom. The SMILES string of the molecule is C=CS(=O)(=O)NC1CCN(C(=O)CNc2cc(-c3ccccc3OC)c(Cl)cc2OC)CC1. The van der Waals surface area contributed by atoms with Gasteiger partial charge in [-0.15, -0.1) is 0 Å². The molecule has 0 saturated carbocycles. The van der Waals surface area contributed by atoms with Crippen LogP contribution in [0, 0.1) is 0 Å². The molecule has 0 atom stereocenters. The van der Waals surface area contributed by atoms with Crippen molar-refractivity contribution in [3.05, 3.63) is 53.4 Å². The number of methoxy groups -OCH3 is 2. The van der Waals surface area contributed by atoms with E-state index in [1.807, 2.05) is 30.3 Å². The summed E-state index contributed by atoms with van der Waals surface area (Å²) in [5.74, 6) is 1.11. The van der Waals surface area contributed by atoms with Crippen LogP contribution in [0.3, 0.4) is 0 Å². The van der Waals surface area contributed by atoms with Gasteiger partial charge in [-0.3, -0.25) is 4.79 Å². The predicted molar refractivity (Wildman–Crippen MR) is 130 cm³/mol. The summed E-state index contributed by atoms with van der Waals surface area (Å²) < 4.78 is 36.8. The number of likely N-dealkylation sites (tertiary alicyclic amines) is 1. The number of rotatable bonds is 9. The summed E-state index contributed by atoms with van der Waals surface area (Å²) in [4.78, 5) is 14.5. The van der Waals surface area contributed by atoms with Gasteiger partial charge in [0, 0.05) is 41.7 Å². The van der Waals surface area contributed by atoms with Crippen LogP contribution in [0.2, 0.25) is 5.02 Å². The number of piperidine rings is 1. The van der Waals surface area contributed by atoms with Gasteiger partial charge in [0.25, 0.3) is 0 Å². The van der Waals surface area contributed by atoms with E-state index >= 15 is 0 Å². The molecule has 1 amide bonds. The molecular weight excluding hydrogens is 466 g/mol. The van der Waals surface area contributed by atoms with Gasteiger partial charge in [0.1, 0.15) is 11.5 Å². The smallest absolute Gasteiger partial charge is 0.241 e. The molecule has 1 aliphatic rings. The van der Waals surface area contributed by atoms with E-state index in [1.54, 1.807) is 18.1 Å². The Morgan fingerprint density at radius 1 is 1.15 bits per heavy atom. The van der Waals surface area contributed by atoms with E-state index in [9.17, 15) is 13.2 Å². The van der Waals surface area contributed by atoms with Crippen LogP contribution in [0.4, 0.5) is 5.69 Å². The number of hydrogen-bond acceptors (Lipinski definition) is 6. The highest BCUT2D eigenvalue weighted by atomic mass is 35.5. The zero-order valence-electron chi connectivity index (χ0n) is 18.6. The van der Waals surface area contributed by atoms with Crippen LogP contribution in [-0.2, 0) is 14.8 Å². The van der Waals surface area contributed by atoms with Gasteiger partial charge >= 0.3 is 0 Å². The summed E-state index contributed by atoms with van der Waals surface area (Å²) in [7, 11) is -0.347. The minimum absolute atomic E-state index is 0.0619. The van der Waals surface area contributed by atoms with Gasteiger partial charge in [0.2, 0.25) is 15.9 Å². The number of anilines is 1. The number of ether oxygens (including phenoxy) is 2. The third kappa shape index (κ3) is 6.19. The van der Waals surface area contributed by atoms with Crippen LogP contribution in [0.25, 0.3) is 11.1 Å². The lowest BCUT2D eigenvalue weighted by Gasteiger charge is -2.32. The Labute approximate surface area is 199 Å². The minimum atomic E-state index is -3.48. The maximum absolute atomic E-state index is 12.8. The Morgan fingerprint density at radius 3 is 2.45 bits per heavy atom. The minimum Gasteiger partial charge on any atom is -0.496 e. The zero-order valence-corrected chi connectivity index (χ0v) is 20.2. The molecular formula is C23H28ClN3O5S. The first kappa shape index (κ1) is 24.9. The van der Waals surface area contributed by atoms with Crippen molar-refractivity contribution in [2.75, 3.05) is 39.2 Å². The van der Waals surface area contributed by atoms with E-state index in [0.717, 1.165) is 16.5 Å². The first-order valence-electron chi connectivity index (χ1n) is 10.4. The Balaban J connectivity index is 1.68. The van der Waals surface area contributed by atoms with Crippen LogP contribution in [0.15, 0.2) is 48.4 Å². The molecule has 178 valence electrons. The van der Waals surface area contributed by atoms with Crippen molar-refractivity contribution < 1.29 is 22.7 Å². The molecule has 2 aromatic rings. The number of carbonyl (C=O) groups is 1. The maximum Gasteiger partial charge on any atom is 0.241 e. The maximum atomic E-state index is 12.8. The Kier molecular flexibility index (Phi) is 8.23. The summed E-state index contributed by atoms with van der Waals surface area (Å²) >= 11 is 6.50. The molecule has 10 heteroatoms. The third-order valence-corrected chi connectivity index (χ3v) is 6.93. The van der Waals surface area contributed by atoms with Crippen molar-refractivity contribution >= 4 is 33.2 Å². The summed E-state index contributed by atoms with van der Waals surface area (Å²) in [6.45, 7) is 4.30. The van der Waals surface area contributed by atoms with Crippen LogP contribution < -0.4 is 19.5 Å². The molecule has 3 rings (SSSR count). The molecule has 1 saturated heterocycles. The van der Waals surface area contributed by atoms with Crippen molar-refractivity contribution in [1.82, 2.24) is 9.62 Å².